The SMILES string of the molecule is CCC(C)(C)C(OO)C1C(=O)OC2C3OC(C(F)(F)F)(C(F)(F)F)OC3OC21. The topological polar surface area (TPSA) is 83.5 Å². The zero-order chi connectivity index (χ0) is 21.3. The molecule has 28 heavy (non-hydrogen) atoms. The van der Waals surface area contributed by atoms with Gasteiger partial charge in [0.05, 0.1) is 0 Å². The maximum atomic E-state index is 13.1. The number of hydrogen-bond acceptors (Lipinski definition) is 7. The minimum atomic E-state index is -5.95. The van der Waals surface area contributed by atoms with Gasteiger partial charge in [0.2, 0.25) is 0 Å². The van der Waals surface area contributed by atoms with Crippen LogP contribution < -0.4 is 0 Å². The van der Waals surface area contributed by atoms with Crippen molar-refractivity contribution in [1.82, 2.24) is 0 Å². The average molecular weight is 424 g/mol. The summed E-state index contributed by atoms with van der Waals surface area (Å²) in [4.78, 5) is 16.7. The van der Waals surface area contributed by atoms with Crippen LogP contribution in [0.3, 0.4) is 0 Å². The fourth-order valence-electron chi connectivity index (χ4n) is 3.64. The van der Waals surface area contributed by atoms with E-state index < -0.39 is 66.1 Å². The van der Waals surface area contributed by atoms with Crippen molar-refractivity contribution in [2.45, 2.75) is 76.0 Å². The molecule has 0 saturated carbocycles. The molecule has 3 rings (SSSR count). The Morgan fingerprint density at radius 3 is 2.11 bits per heavy atom. The second-order valence-electron chi connectivity index (χ2n) is 7.58. The first-order valence-electron chi connectivity index (χ1n) is 8.35. The summed E-state index contributed by atoms with van der Waals surface area (Å²) in [6, 6.07) is 0. The number of carbonyl (C=O) groups excluding carboxylic acids is 1. The van der Waals surface area contributed by atoms with Crippen LogP contribution in [0.15, 0.2) is 0 Å². The van der Waals surface area contributed by atoms with Gasteiger partial charge in [0.1, 0.15) is 18.1 Å². The second-order valence-corrected chi connectivity index (χ2v) is 7.58. The third kappa shape index (κ3) is 2.90. The Balaban J connectivity index is 1.89. The molecule has 162 valence electrons. The molecule has 0 aromatic rings. The first-order chi connectivity index (χ1) is 12.7. The van der Waals surface area contributed by atoms with Gasteiger partial charge in [0.15, 0.2) is 18.5 Å². The van der Waals surface area contributed by atoms with Crippen molar-refractivity contribution < 1.29 is 60.2 Å². The van der Waals surface area contributed by atoms with Crippen molar-refractivity contribution in [3.05, 3.63) is 0 Å². The maximum absolute atomic E-state index is 13.1. The summed E-state index contributed by atoms with van der Waals surface area (Å²) in [5, 5.41) is 9.27. The van der Waals surface area contributed by atoms with Gasteiger partial charge in [0.25, 0.3) is 0 Å². The summed E-state index contributed by atoms with van der Waals surface area (Å²) >= 11 is 0. The Bertz CT molecular complexity index is 619. The highest BCUT2D eigenvalue weighted by Crippen LogP contribution is 2.56. The largest absolute Gasteiger partial charge is 0.456 e. The normalized spacial score (nSPS) is 36.2. The molecule has 3 aliphatic heterocycles. The molecule has 3 saturated heterocycles. The third-order valence-corrected chi connectivity index (χ3v) is 5.54. The highest BCUT2D eigenvalue weighted by molar-refractivity contribution is 5.77. The fraction of sp³-hybridized carbons (Fsp3) is 0.933. The Labute approximate surface area is 154 Å². The molecule has 3 heterocycles. The molecule has 7 nitrogen and oxygen atoms in total. The number of hydrogen-bond donors (Lipinski definition) is 1. The molecule has 1 N–H and O–H groups in total. The van der Waals surface area contributed by atoms with Crippen LogP contribution in [0.2, 0.25) is 0 Å². The van der Waals surface area contributed by atoms with Crippen molar-refractivity contribution in [3.63, 3.8) is 0 Å². The Morgan fingerprint density at radius 2 is 1.64 bits per heavy atom. The molecule has 13 heteroatoms. The van der Waals surface area contributed by atoms with E-state index in [1.165, 1.54) is 0 Å². The van der Waals surface area contributed by atoms with E-state index in [9.17, 15) is 36.4 Å². The molecule has 0 aromatic heterocycles. The summed E-state index contributed by atoms with van der Waals surface area (Å²) in [5.41, 5.74) is -0.794. The van der Waals surface area contributed by atoms with E-state index in [0.717, 1.165) is 0 Å². The van der Waals surface area contributed by atoms with Gasteiger partial charge >= 0.3 is 24.1 Å². The number of alkyl halides is 6. The van der Waals surface area contributed by atoms with Gasteiger partial charge in [-0.2, -0.15) is 26.3 Å². The molecule has 3 fully saturated rings. The van der Waals surface area contributed by atoms with E-state index >= 15 is 0 Å². The molecule has 3 aliphatic rings. The maximum Gasteiger partial charge on any atom is 0.453 e. The zero-order valence-corrected chi connectivity index (χ0v) is 14.8. The number of carbonyl (C=O) groups is 1. The number of halogens is 6. The zero-order valence-electron chi connectivity index (χ0n) is 14.8. The molecule has 0 aromatic carbocycles. The lowest BCUT2D eigenvalue weighted by molar-refractivity contribution is -0.455. The van der Waals surface area contributed by atoms with Gasteiger partial charge in [-0.1, -0.05) is 20.8 Å². The predicted molar refractivity (Wildman–Crippen MR) is 74.4 cm³/mol. The Hall–Kier alpha value is -1.15. The van der Waals surface area contributed by atoms with Gasteiger partial charge in [0, 0.05) is 0 Å². The highest BCUT2D eigenvalue weighted by atomic mass is 19.4. The van der Waals surface area contributed by atoms with E-state index in [1.807, 2.05) is 0 Å². The molecule has 6 atom stereocenters. The predicted octanol–water partition coefficient (Wildman–Crippen LogP) is 2.78. The second kappa shape index (κ2) is 6.42. The van der Waals surface area contributed by atoms with Crippen molar-refractivity contribution in [1.29, 1.82) is 0 Å². The third-order valence-electron chi connectivity index (χ3n) is 5.54. The van der Waals surface area contributed by atoms with Crippen LogP contribution in [0, 0.1) is 11.3 Å². The Kier molecular flexibility index (Phi) is 4.95. The monoisotopic (exact) mass is 424 g/mol. The Morgan fingerprint density at radius 1 is 1.07 bits per heavy atom. The standard InChI is InChI=1S/C15H18F6O7/c1-4-12(2,3)9(28-23)5-6-7(24-10(5)22)8-11(25-6)27-13(26-8,14(16,17)18)15(19,20)21/h5-9,11,23H,4H2,1-3H3. The lowest BCUT2D eigenvalue weighted by Crippen LogP contribution is -2.59. The van der Waals surface area contributed by atoms with Gasteiger partial charge in [-0.05, 0) is 11.8 Å². The number of rotatable bonds is 4. The molecule has 0 bridgehead atoms. The summed E-state index contributed by atoms with van der Waals surface area (Å²) in [7, 11) is 0. The van der Waals surface area contributed by atoms with Crippen LogP contribution in [0.25, 0.3) is 0 Å². The highest BCUT2D eigenvalue weighted by Gasteiger charge is 2.82. The lowest BCUT2D eigenvalue weighted by atomic mass is 9.75. The van der Waals surface area contributed by atoms with E-state index in [0.29, 0.717) is 6.42 Å². The molecule has 0 radical (unpaired) electrons. The van der Waals surface area contributed by atoms with Gasteiger partial charge in [-0.3, -0.25) is 10.1 Å². The smallest absolute Gasteiger partial charge is 0.453 e. The minimum absolute atomic E-state index is 0.421. The van der Waals surface area contributed by atoms with Gasteiger partial charge in [-0.15, -0.1) is 0 Å². The summed E-state index contributed by atoms with van der Waals surface area (Å²) in [6.07, 6.45) is -19.6. The minimum Gasteiger partial charge on any atom is -0.456 e. The van der Waals surface area contributed by atoms with Crippen LogP contribution in [-0.2, 0) is 28.6 Å². The van der Waals surface area contributed by atoms with E-state index in [4.69, 9.17) is 9.47 Å². The van der Waals surface area contributed by atoms with Crippen LogP contribution in [0.5, 0.6) is 0 Å². The quantitative estimate of drug-likeness (QED) is 0.322. The van der Waals surface area contributed by atoms with E-state index in [1.54, 1.807) is 20.8 Å². The van der Waals surface area contributed by atoms with E-state index in [2.05, 4.69) is 14.4 Å². The molecular weight excluding hydrogens is 406 g/mol. The van der Waals surface area contributed by atoms with Crippen LogP contribution >= 0.6 is 0 Å². The summed E-state index contributed by atoms with van der Waals surface area (Å²) in [6.45, 7) is 5.03. The number of fused-ring (bicyclic) bond motifs is 3. The molecule has 0 amide bonds. The summed E-state index contributed by atoms with van der Waals surface area (Å²) < 4.78 is 97.2. The van der Waals surface area contributed by atoms with Gasteiger partial charge < -0.3 is 18.9 Å². The van der Waals surface area contributed by atoms with Crippen LogP contribution in [0.4, 0.5) is 26.3 Å². The average Bonchev–Trinajstić information content (AvgIpc) is 3.16. The molecule has 0 spiro atoms. The lowest BCUT2D eigenvalue weighted by Gasteiger charge is -2.35. The number of esters is 1. The molecule has 6 unspecified atom stereocenters. The van der Waals surface area contributed by atoms with Crippen LogP contribution in [-0.4, -0.2) is 60.1 Å². The van der Waals surface area contributed by atoms with Crippen molar-refractivity contribution in [2.75, 3.05) is 0 Å². The van der Waals surface area contributed by atoms with Crippen molar-refractivity contribution in [3.8, 4) is 0 Å². The van der Waals surface area contributed by atoms with E-state index in [-0.39, 0.29) is 0 Å². The van der Waals surface area contributed by atoms with Crippen molar-refractivity contribution in [2.24, 2.45) is 11.3 Å². The molecular formula is C15H18F6O7. The summed E-state index contributed by atoms with van der Waals surface area (Å²) in [5.74, 6) is -7.18. The number of ether oxygens (including phenoxy) is 4. The van der Waals surface area contributed by atoms with Crippen molar-refractivity contribution >= 4 is 5.97 Å². The molecule has 0 aliphatic carbocycles. The fourth-order valence-corrected chi connectivity index (χ4v) is 3.64. The first kappa shape index (κ1) is 21.6. The van der Waals surface area contributed by atoms with Crippen LogP contribution in [0.1, 0.15) is 27.2 Å². The van der Waals surface area contributed by atoms with Gasteiger partial charge in [-0.25, -0.2) is 4.89 Å². The first-order valence-corrected chi connectivity index (χ1v) is 8.35.